The van der Waals surface area contributed by atoms with Crippen molar-refractivity contribution < 1.29 is 14.3 Å². The molecule has 0 radical (unpaired) electrons. The largest absolute Gasteiger partial charge is 0.465 e. The molecule has 1 amide bonds. The van der Waals surface area contributed by atoms with E-state index < -0.39 is 5.97 Å². The van der Waals surface area contributed by atoms with Crippen molar-refractivity contribution in [1.82, 2.24) is 9.80 Å². The van der Waals surface area contributed by atoms with Crippen LogP contribution < -0.4 is 0 Å². The van der Waals surface area contributed by atoms with E-state index in [-0.39, 0.29) is 5.91 Å². The number of likely N-dealkylation sites (N-methyl/N-ethyl adjacent to an activating group) is 1. The number of rotatable bonds is 2. The monoisotopic (exact) mass is 276 g/mol. The minimum Gasteiger partial charge on any atom is -0.465 e. The van der Waals surface area contributed by atoms with Gasteiger partial charge < -0.3 is 14.5 Å². The molecule has 2 rings (SSSR count). The number of benzene rings is 1. The maximum Gasteiger partial charge on any atom is 0.337 e. The molecular weight excluding hydrogens is 256 g/mol. The summed E-state index contributed by atoms with van der Waals surface area (Å²) in [7, 11) is 3.40. The van der Waals surface area contributed by atoms with Crippen molar-refractivity contribution in [2.75, 3.05) is 40.3 Å². The lowest BCUT2D eigenvalue weighted by molar-refractivity contribution is 0.0600. The average molecular weight is 276 g/mol. The summed E-state index contributed by atoms with van der Waals surface area (Å²) in [5.74, 6) is -0.443. The Kier molecular flexibility index (Phi) is 4.74. The van der Waals surface area contributed by atoms with Crippen LogP contribution in [0.4, 0.5) is 0 Å². The minimum atomic E-state index is -0.421. The van der Waals surface area contributed by atoms with Crippen molar-refractivity contribution >= 4 is 11.9 Å². The predicted molar refractivity (Wildman–Crippen MR) is 75.8 cm³/mol. The second-order valence-corrected chi connectivity index (χ2v) is 5.02. The van der Waals surface area contributed by atoms with E-state index in [1.165, 1.54) is 7.11 Å². The van der Waals surface area contributed by atoms with E-state index in [1.807, 2.05) is 4.90 Å². The van der Waals surface area contributed by atoms with Crippen LogP contribution in [0.5, 0.6) is 0 Å². The first-order valence-corrected chi connectivity index (χ1v) is 6.78. The van der Waals surface area contributed by atoms with Crippen LogP contribution in [0, 0.1) is 0 Å². The number of amides is 1. The average Bonchev–Trinajstić information content (AvgIpc) is 2.70. The summed E-state index contributed by atoms with van der Waals surface area (Å²) in [5.41, 5.74) is 0.947. The maximum absolute atomic E-state index is 12.5. The summed E-state index contributed by atoms with van der Waals surface area (Å²) in [6, 6.07) is 6.70. The van der Waals surface area contributed by atoms with E-state index in [1.54, 1.807) is 24.3 Å². The molecule has 1 saturated heterocycles. The summed E-state index contributed by atoms with van der Waals surface area (Å²) in [5, 5.41) is 0. The maximum atomic E-state index is 12.5. The first-order chi connectivity index (χ1) is 9.61. The highest BCUT2D eigenvalue weighted by atomic mass is 16.5. The van der Waals surface area contributed by atoms with Gasteiger partial charge in [0.15, 0.2) is 0 Å². The first kappa shape index (κ1) is 14.5. The zero-order valence-electron chi connectivity index (χ0n) is 12.0. The zero-order chi connectivity index (χ0) is 14.5. The molecular formula is C15H20N2O3. The van der Waals surface area contributed by atoms with E-state index in [4.69, 9.17) is 0 Å². The van der Waals surface area contributed by atoms with Gasteiger partial charge in [0, 0.05) is 25.2 Å². The van der Waals surface area contributed by atoms with E-state index in [2.05, 4.69) is 16.7 Å². The van der Waals surface area contributed by atoms with Gasteiger partial charge in [-0.2, -0.15) is 0 Å². The molecule has 0 aromatic heterocycles. The normalized spacial score (nSPS) is 16.6. The van der Waals surface area contributed by atoms with Crippen LogP contribution in [0.2, 0.25) is 0 Å². The molecule has 0 bridgehead atoms. The molecule has 0 aliphatic carbocycles. The van der Waals surface area contributed by atoms with Crippen LogP contribution >= 0.6 is 0 Å². The smallest absolute Gasteiger partial charge is 0.337 e. The quantitative estimate of drug-likeness (QED) is 0.763. The second kappa shape index (κ2) is 6.52. The highest BCUT2D eigenvalue weighted by molar-refractivity contribution is 5.97. The fourth-order valence-electron chi connectivity index (χ4n) is 2.33. The Bertz CT molecular complexity index is 502. The topological polar surface area (TPSA) is 49.9 Å². The van der Waals surface area contributed by atoms with Gasteiger partial charge >= 0.3 is 5.97 Å². The van der Waals surface area contributed by atoms with Gasteiger partial charge in [-0.25, -0.2) is 4.79 Å². The van der Waals surface area contributed by atoms with Crippen molar-refractivity contribution in [3.8, 4) is 0 Å². The third-order valence-corrected chi connectivity index (χ3v) is 3.54. The lowest BCUT2D eigenvalue weighted by Gasteiger charge is -2.20. The van der Waals surface area contributed by atoms with Gasteiger partial charge in [-0.15, -0.1) is 0 Å². The number of ether oxygens (including phenoxy) is 1. The van der Waals surface area contributed by atoms with Crippen molar-refractivity contribution in [2.24, 2.45) is 0 Å². The Morgan fingerprint density at radius 2 is 1.85 bits per heavy atom. The molecule has 0 N–H and O–H groups in total. The molecule has 1 aliphatic heterocycles. The Balaban J connectivity index is 2.14. The summed E-state index contributed by atoms with van der Waals surface area (Å²) in [6.45, 7) is 3.36. The molecule has 20 heavy (non-hydrogen) atoms. The highest BCUT2D eigenvalue weighted by Crippen LogP contribution is 2.11. The van der Waals surface area contributed by atoms with Crippen LogP contribution in [0.25, 0.3) is 0 Å². The summed E-state index contributed by atoms with van der Waals surface area (Å²) in [6.07, 6.45) is 0.971. The van der Waals surface area contributed by atoms with E-state index >= 15 is 0 Å². The third-order valence-electron chi connectivity index (χ3n) is 3.54. The number of carbonyl (C=O) groups excluding carboxylic acids is 2. The molecule has 0 atom stereocenters. The summed E-state index contributed by atoms with van der Waals surface area (Å²) < 4.78 is 4.68. The Hall–Kier alpha value is -1.88. The first-order valence-electron chi connectivity index (χ1n) is 6.78. The van der Waals surface area contributed by atoms with Crippen LogP contribution in [0.3, 0.4) is 0 Å². The fraction of sp³-hybridized carbons (Fsp3) is 0.467. The second-order valence-electron chi connectivity index (χ2n) is 5.02. The highest BCUT2D eigenvalue weighted by Gasteiger charge is 2.19. The number of hydrogen-bond donors (Lipinski definition) is 0. The minimum absolute atomic E-state index is 0.0222. The summed E-state index contributed by atoms with van der Waals surface area (Å²) in [4.78, 5) is 28.1. The van der Waals surface area contributed by atoms with Gasteiger partial charge in [0.2, 0.25) is 0 Å². The Morgan fingerprint density at radius 1 is 1.10 bits per heavy atom. The molecule has 0 spiro atoms. The lowest BCUT2D eigenvalue weighted by atomic mass is 10.1. The number of hydrogen-bond acceptors (Lipinski definition) is 4. The molecule has 0 saturated carbocycles. The standard InChI is InChI=1S/C15H20N2O3/c1-16-7-4-8-17(10-9-16)14(18)12-5-3-6-13(11-12)15(19)20-2/h3,5-6,11H,4,7-10H2,1-2H3. The predicted octanol–water partition coefficient (Wildman–Crippen LogP) is 1.25. The molecule has 5 heteroatoms. The van der Waals surface area contributed by atoms with E-state index in [9.17, 15) is 9.59 Å². The van der Waals surface area contributed by atoms with Crippen LogP contribution in [-0.4, -0.2) is 62.0 Å². The van der Waals surface area contributed by atoms with Crippen molar-refractivity contribution in [2.45, 2.75) is 6.42 Å². The molecule has 0 unspecified atom stereocenters. The van der Waals surface area contributed by atoms with Crippen LogP contribution in [0.15, 0.2) is 24.3 Å². The Morgan fingerprint density at radius 3 is 2.60 bits per heavy atom. The zero-order valence-corrected chi connectivity index (χ0v) is 12.0. The van der Waals surface area contributed by atoms with Crippen LogP contribution in [-0.2, 0) is 4.74 Å². The number of esters is 1. The molecule has 1 aromatic rings. The van der Waals surface area contributed by atoms with Gasteiger partial charge in [-0.3, -0.25) is 4.79 Å². The number of methoxy groups -OCH3 is 1. The molecule has 1 aromatic carbocycles. The van der Waals surface area contributed by atoms with Crippen molar-refractivity contribution in [3.05, 3.63) is 35.4 Å². The summed E-state index contributed by atoms with van der Waals surface area (Å²) >= 11 is 0. The van der Waals surface area contributed by atoms with Gasteiger partial charge in [-0.1, -0.05) is 6.07 Å². The fourth-order valence-corrected chi connectivity index (χ4v) is 2.33. The molecule has 1 aliphatic rings. The van der Waals surface area contributed by atoms with Gasteiger partial charge in [0.25, 0.3) is 5.91 Å². The van der Waals surface area contributed by atoms with Crippen molar-refractivity contribution in [1.29, 1.82) is 0 Å². The molecule has 1 heterocycles. The number of carbonyl (C=O) groups is 2. The Labute approximate surface area is 119 Å². The molecule has 1 fully saturated rings. The lowest BCUT2D eigenvalue weighted by Crippen LogP contribution is -2.34. The van der Waals surface area contributed by atoms with E-state index in [0.29, 0.717) is 11.1 Å². The SMILES string of the molecule is COC(=O)c1cccc(C(=O)N2CCCN(C)CC2)c1. The van der Waals surface area contributed by atoms with Gasteiger partial charge in [-0.05, 0) is 38.2 Å². The van der Waals surface area contributed by atoms with Gasteiger partial charge in [0.05, 0.1) is 12.7 Å². The van der Waals surface area contributed by atoms with E-state index in [0.717, 1.165) is 32.6 Å². The number of nitrogens with zero attached hydrogens (tertiary/aromatic N) is 2. The van der Waals surface area contributed by atoms with Gasteiger partial charge in [0.1, 0.15) is 0 Å². The third kappa shape index (κ3) is 3.36. The van der Waals surface area contributed by atoms with Crippen molar-refractivity contribution in [3.63, 3.8) is 0 Å². The molecule has 108 valence electrons. The molecule has 5 nitrogen and oxygen atoms in total. The van der Waals surface area contributed by atoms with Crippen LogP contribution in [0.1, 0.15) is 27.1 Å².